The third kappa shape index (κ3) is 17.6. The van der Waals surface area contributed by atoms with Gasteiger partial charge in [-0.05, 0) is 99.4 Å². The molecule has 18 nitrogen and oxygen atoms in total. The molecule has 2 amide bonds. The fourth-order valence-corrected chi connectivity index (χ4v) is 9.34. The third-order valence-corrected chi connectivity index (χ3v) is 13.1. The first kappa shape index (κ1) is 53.2. The van der Waals surface area contributed by atoms with E-state index < -0.39 is 0 Å². The molecule has 4 aliphatic rings. The number of aromatic nitrogens is 6. The number of carbonyl (C=O) groups is 2. The van der Waals surface area contributed by atoms with Crippen molar-refractivity contribution in [3.8, 4) is 17.5 Å². The summed E-state index contributed by atoms with van der Waals surface area (Å²) in [7, 11) is 3.15. The van der Waals surface area contributed by atoms with Gasteiger partial charge in [-0.15, -0.1) is 0 Å². The molecule has 0 bridgehead atoms. The number of methoxy groups -OCH3 is 2. The number of ether oxygens (including phenoxy) is 3. The van der Waals surface area contributed by atoms with Crippen LogP contribution in [0.3, 0.4) is 0 Å². The van der Waals surface area contributed by atoms with Gasteiger partial charge in [-0.1, -0.05) is 74.6 Å². The molecule has 2 atom stereocenters. The van der Waals surface area contributed by atoms with Gasteiger partial charge in [0.2, 0.25) is 40.9 Å². The number of β-amino-alcohol motifs (C(OH)–C–C–N with tert-alkyl or cyclic N) is 1. The van der Waals surface area contributed by atoms with Crippen molar-refractivity contribution in [1.29, 1.82) is 0 Å². The second-order valence-electron chi connectivity index (χ2n) is 17.7. The Kier molecular flexibility index (Phi) is 21.0. The maximum Gasteiger partial charge on any atom is 0.323 e. The maximum absolute atomic E-state index is 11.8. The number of anilines is 6. The lowest BCUT2D eigenvalue weighted by atomic mass is 10.1. The van der Waals surface area contributed by atoms with Gasteiger partial charge in [-0.25, -0.2) is 0 Å². The lowest BCUT2D eigenvalue weighted by Gasteiger charge is -2.31. The van der Waals surface area contributed by atoms with Gasteiger partial charge < -0.3 is 50.4 Å². The summed E-state index contributed by atoms with van der Waals surface area (Å²) in [6, 6.07) is 11.7. The van der Waals surface area contributed by atoms with Gasteiger partial charge in [-0.3, -0.25) is 9.59 Å². The standard InChI is InChI=1S/C24H33ClN6O3.C17H21Cl2N5O.C7H13NO2/c1-16(32)31-13-7-10-19(15-31)34-24-29-22(26-17-8-5-3-4-6-9-17)28-23(30-24)27-18-11-12-21(33-2)20(25)14-18;1-25-14-9-8-12(10-13(14)18)21-17-23-15(19)22-16(24-17)20-11-6-4-2-3-5-7-11;1-6(9)8-4-2-3-7(10)5-8/h11-12,14,17,19H,3-10,13,15H2,1-2H3,(H2,26,27,28,29,30);8-11H,2-7H2,1H3,(H2,20,21,22,23,24);7,10H,2-5H2,1H3. The number of nitrogens with one attached hydrogen (secondary N) is 4. The van der Waals surface area contributed by atoms with Crippen LogP contribution in [-0.2, 0) is 9.59 Å². The molecule has 2 saturated heterocycles. The average Bonchev–Trinajstić information content (AvgIpc) is 3.75. The summed E-state index contributed by atoms with van der Waals surface area (Å²) < 4.78 is 16.5. The van der Waals surface area contributed by atoms with Crippen LogP contribution in [0.5, 0.6) is 17.5 Å². The summed E-state index contributed by atoms with van der Waals surface area (Å²) in [6.45, 7) is 5.75. The molecule has 4 heterocycles. The Balaban J connectivity index is 0.000000195. The summed E-state index contributed by atoms with van der Waals surface area (Å²) in [6.07, 6.45) is 17.5. The maximum atomic E-state index is 11.8. The molecule has 8 rings (SSSR count). The van der Waals surface area contributed by atoms with Crippen molar-refractivity contribution >= 4 is 81.8 Å². The fourth-order valence-electron chi connectivity index (χ4n) is 8.67. The molecular weight excluding hydrogens is 947 g/mol. The lowest BCUT2D eigenvalue weighted by Crippen LogP contribution is -2.43. The molecule has 2 aliphatic heterocycles. The highest BCUT2D eigenvalue weighted by atomic mass is 35.5. The van der Waals surface area contributed by atoms with Crippen molar-refractivity contribution < 1.29 is 28.9 Å². The Labute approximate surface area is 420 Å². The lowest BCUT2D eigenvalue weighted by molar-refractivity contribution is -0.132. The molecule has 2 unspecified atom stereocenters. The minimum Gasteiger partial charge on any atom is -0.495 e. The molecule has 2 saturated carbocycles. The van der Waals surface area contributed by atoms with Gasteiger partial charge in [0.25, 0.3) is 0 Å². The first-order valence-corrected chi connectivity index (χ1v) is 25.2. The van der Waals surface area contributed by atoms with Crippen LogP contribution in [0.25, 0.3) is 0 Å². The molecule has 5 N–H and O–H groups in total. The number of likely N-dealkylation sites (tertiary alicyclic amines) is 2. The summed E-state index contributed by atoms with van der Waals surface area (Å²) >= 11 is 18.5. The number of benzene rings is 2. The normalized spacial score (nSPS) is 19.0. The number of nitrogens with zero attached hydrogens (tertiary/aromatic N) is 8. The summed E-state index contributed by atoms with van der Waals surface area (Å²) in [5.41, 5.74) is 1.47. The molecule has 2 aliphatic carbocycles. The number of hydrogen-bond donors (Lipinski definition) is 5. The number of amides is 2. The van der Waals surface area contributed by atoms with Gasteiger partial charge >= 0.3 is 6.01 Å². The number of aliphatic hydroxyl groups excluding tert-OH is 1. The SMILES string of the molecule is CC(=O)N1CCCC(O)C1.COc1ccc(Nc2nc(Cl)nc(NC3CCCCCC3)n2)cc1Cl.COc1ccc(Nc2nc(NC3CCCCCC3)nc(OC3CCCN(C(C)=O)C3)n2)cc1Cl. The zero-order valence-electron chi connectivity index (χ0n) is 40.1. The Bertz CT molecular complexity index is 2270. The van der Waals surface area contributed by atoms with Crippen LogP contribution in [0, 0.1) is 0 Å². The zero-order chi connectivity index (χ0) is 49.1. The summed E-state index contributed by atoms with van der Waals surface area (Å²) in [5, 5.41) is 23.4. The van der Waals surface area contributed by atoms with Crippen LogP contribution in [0.15, 0.2) is 36.4 Å². The minimum atomic E-state index is -0.294. The summed E-state index contributed by atoms with van der Waals surface area (Å²) in [4.78, 5) is 52.5. The van der Waals surface area contributed by atoms with Crippen LogP contribution in [0.2, 0.25) is 15.3 Å². The number of rotatable bonds is 12. The molecule has 69 heavy (non-hydrogen) atoms. The van der Waals surface area contributed by atoms with Gasteiger partial charge in [-0.2, -0.15) is 29.9 Å². The second-order valence-corrected chi connectivity index (χ2v) is 18.9. The van der Waals surface area contributed by atoms with E-state index in [0.29, 0.717) is 70.5 Å². The van der Waals surface area contributed by atoms with Crippen molar-refractivity contribution in [1.82, 2.24) is 39.7 Å². The number of carbonyl (C=O) groups excluding carboxylic acids is 2. The molecule has 2 aromatic carbocycles. The topological polar surface area (TPSA) is 214 Å². The fraction of sp³-hybridized carbons (Fsp3) is 0.583. The monoisotopic (exact) mass is 1010 g/mol. The smallest absolute Gasteiger partial charge is 0.323 e. The predicted molar refractivity (Wildman–Crippen MR) is 271 cm³/mol. The van der Waals surface area contributed by atoms with Crippen LogP contribution >= 0.6 is 34.8 Å². The van der Waals surface area contributed by atoms with E-state index in [1.165, 1.54) is 58.3 Å². The van der Waals surface area contributed by atoms with Crippen molar-refractivity contribution in [3.63, 3.8) is 0 Å². The first-order valence-electron chi connectivity index (χ1n) is 24.1. The second kappa shape index (κ2) is 27.3. The minimum absolute atomic E-state index is 0.0541. The number of aliphatic hydroxyl groups is 1. The van der Waals surface area contributed by atoms with E-state index in [1.54, 1.807) is 55.2 Å². The largest absolute Gasteiger partial charge is 0.495 e. The van der Waals surface area contributed by atoms with E-state index in [4.69, 9.17) is 54.1 Å². The molecule has 0 spiro atoms. The van der Waals surface area contributed by atoms with Gasteiger partial charge in [0.05, 0.1) is 36.9 Å². The number of halogens is 3. The van der Waals surface area contributed by atoms with E-state index in [9.17, 15) is 9.59 Å². The zero-order valence-corrected chi connectivity index (χ0v) is 42.4. The molecule has 376 valence electrons. The Morgan fingerprint density at radius 1 is 0.580 bits per heavy atom. The first-order chi connectivity index (χ1) is 33.3. The van der Waals surface area contributed by atoms with Crippen LogP contribution in [0.4, 0.5) is 35.2 Å². The van der Waals surface area contributed by atoms with Gasteiger partial charge in [0.1, 0.15) is 17.6 Å². The third-order valence-electron chi connectivity index (χ3n) is 12.4. The van der Waals surface area contributed by atoms with Crippen molar-refractivity contribution in [3.05, 3.63) is 51.7 Å². The Morgan fingerprint density at radius 2 is 1.03 bits per heavy atom. The average molecular weight is 1010 g/mol. The van der Waals surface area contributed by atoms with Gasteiger partial charge in [0.15, 0.2) is 0 Å². The van der Waals surface area contributed by atoms with E-state index in [-0.39, 0.29) is 35.3 Å². The molecule has 4 aromatic rings. The van der Waals surface area contributed by atoms with Crippen LogP contribution < -0.4 is 35.5 Å². The van der Waals surface area contributed by atoms with Crippen LogP contribution in [0.1, 0.15) is 117 Å². The molecule has 4 fully saturated rings. The van der Waals surface area contributed by atoms with E-state index in [0.717, 1.165) is 75.8 Å². The highest BCUT2D eigenvalue weighted by Crippen LogP contribution is 2.31. The molecular formula is C48H67Cl3N12O6. The van der Waals surface area contributed by atoms with Crippen molar-refractivity contribution in [2.45, 2.75) is 141 Å². The van der Waals surface area contributed by atoms with Crippen molar-refractivity contribution in [2.24, 2.45) is 0 Å². The number of piperidine rings is 2. The number of hydrogen-bond acceptors (Lipinski definition) is 16. The van der Waals surface area contributed by atoms with Crippen LogP contribution in [-0.4, -0.2) is 121 Å². The predicted octanol–water partition coefficient (Wildman–Crippen LogP) is 9.86. The van der Waals surface area contributed by atoms with E-state index >= 15 is 0 Å². The highest BCUT2D eigenvalue weighted by molar-refractivity contribution is 6.32. The molecule has 21 heteroatoms. The summed E-state index contributed by atoms with van der Waals surface area (Å²) in [5.74, 6) is 3.04. The quantitative estimate of drug-likeness (QED) is 0.0835. The van der Waals surface area contributed by atoms with Gasteiger partial charge in [0, 0.05) is 56.9 Å². The van der Waals surface area contributed by atoms with E-state index in [1.807, 2.05) is 12.1 Å². The Morgan fingerprint density at radius 3 is 1.49 bits per heavy atom. The highest BCUT2D eigenvalue weighted by Gasteiger charge is 2.25. The Hall–Kier alpha value is -5.17. The van der Waals surface area contributed by atoms with E-state index in [2.05, 4.69) is 51.2 Å². The molecule has 2 aromatic heterocycles. The molecule has 0 radical (unpaired) electrons. The van der Waals surface area contributed by atoms with Crippen molar-refractivity contribution in [2.75, 3.05) is 61.7 Å².